The number of carbonyl (C=O) groups is 1. The van der Waals surface area contributed by atoms with E-state index in [1.807, 2.05) is 25.1 Å². The second kappa shape index (κ2) is 9.42. The van der Waals surface area contributed by atoms with Gasteiger partial charge in [0.2, 0.25) is 0 Å². The highest BCUT2D eigenvalue weighted by molar-refractivity contribution is 5.96. The van der Waals surface area contributed by atoms with E-state index in [1.54, 1.807) is 6.07 Å². The van der Waals surface area contributed by atoms with Gasteiger partial charge < -0.3 is 10.1 Å². The molecule has 1 rings (SSSR count). The summed E-state index contributed by atoms with van der Waals surface area (Å²) in [4.78, 5) is 12.0. The lowest BCUT2D eigenvalue weighted by Gasteiger charge is -2.10. The van der Waals surface area contributed by atoms with Crippen LogP contribution in [-0.2, 0) is 0 Å². The number of nitrogens with one attached hydrogen (secondary N) is 1. The lowest BCUT2D eigenvalue weighted by atomic mass is 10.1. The van der Waals surface area contributed by atoms with Crippen molar-refractivity contribution < 1.29 is 9.53 Å². The van der Waals surface area contributed by atoms with Gasteiger partial charge in [-0.25, -0.2) is 0 Å². The molecule has 0 fully saturated rings. The molecule has 1 aromatic rings. The van der Waals surface area contributed by atoms with Crippen molar-refractivity contribution in [1.29, 1.82) is 0 Å². The summed E-state index contributed by atoms with van der Waals surface area (Å²) in [6.07, 6.45) is 6.00. The zero-order chi connectivity index (χ0) is 13.9. The first-order chi connectivity index (χ1) is 9.29. The predicted molar refractivity (Wildman–Crippen MR) is 78.7 cm³/mol. The van der Waals surface area contributed by atoms with Crippen LogP contribution in [0.5, 0.6) is 5.75 Å². The van der Waals surface area contributed by atoms with Crippen molar-refractivity contribution in [1.82, 2.24) is 5.32 Å². The Balaban J connectivity index is 2.36. The molecule has 0 aliphatic rings. The average Bonchev–Trinajstić information content (AvgIpc) is 2.43. The first-order valence-corrected chi connectivity index (χ1v) is 7.29. The van der Waals surface area contributed by atoms with Gasteiger partial charge in [0, 0.05) is 6.54 Å². The van der Waals surface area contributed by atoms with Crippen LogP contribution >= 0.6 is 0 Å². The zero-order valence-corrected chi connectivity index (χ0v) is 12.1. The molecule has 3 nitrogen and oxygen atoms in total. The fraction of sp³-hybridized carbons (Fsp3) is 0.562. The van der Waals surface area contributed by atoms with Crippen LogP contribution in [0.4, 0.5) is 0 Å². The number of hydrogen-bond acceptors (Lipinski definition) is 2. The van der Waals surface area contributed by atoms with Crippen LogP contribution in [0, 0.1) is 0 Å². The molecule has 0 heterocycles. The number of hydrogen-bond donors (Lipinski definition) is 1. The summed E-state index contributed by atoms with van der Waals surface area (Å²) in [7, 11) is 0. The van der Waals surface area contributed by atoms with Crippen LogP contribution in [0.2, 0.25) is 0 Å². The summed E-state index contributed by atoms with van der Waals surface area (Å²) in [5.41, 5.74) is 0.623. The van der Waals surface area contributed by atoms with Crippen LogP contribution in [0.1, 0.15) is 56.3 Å². The summed E-state index contributed by atoms with van der Waals surface area (Å²) in [5.74, 6) is 0.619. The van der Waals surface area contributed by atoms with Crippen molar-refractivity contribution in [3.63, 3.8) is 0 Å². The van der Waals surface area contributed by atoms with Gasteiger partial charge in [-0.3, -0.25) is 4.79 Å². The first-order valence-electron chi connectivity index (χ1n) is 7.29. The Morgan fingerprint density at radius 3 is 2.58 bits per heavy atom. The lowest BCUT2D eigenvalue weighted by Crippen LogP contribution is -2.25. The van der Waals surface area contributed by atoms with E-state index in [0.717, 1.165) is 13.0 Å². The smallest absolute Gasteiger partial charge is 0.255 e. The molecule has 0 saturated carbocycles. The maximum Gasteiger partial charge on any atom is 0.255 e. The normalized spacial score (nSPS) is 10.2. The molecule has 0 spiro atoms. The minimum absolute atomic E-state index is 0.0421. The van der Waals surface area contributed by atoms with E-state index in [-0.39, 0.29) is 5.91 Å². The van der Waals surface area contributed by atoms with Crippen LogP contribution in [0.25, 0.3) is 0 Å². The van der Waals surface area contributed by atoms with Crippen molar-refractivity contribution in [3.8, 4) is 5.75 Å². The predicted octanol–water partition coefficient (Wildman–Crippen LogP) is 3.79. The molecule has 1 aromatic carbocycles. The van der Waals surface area contributed by atoms with Crippen molar-refractivity contribution >= 4 is 5.91 Å². The number of amides is 1. The largest absolute Gasteiger partial charge is 0.493 e. The molecule has 0 radical (unpaired) electrons. The number of rotatable bonds is 9. The van der Waals surface area contributed by atoms with E-state index in [2.05, 4.69) is 12.2 Å². The molecule has 0 aromatic heterocycles. The fourth-order valence-corrected chi connectivity index (χ4v) is 1.96. The molecular weight excluding hydrogens is 238 g/mol. The van der Waals surface area contributed by atoms with Gasteiger partial charge in [-0.05, 0) is 25.5 Å². The van der Waals surface area contributed by atoms with Gasteiger partial charge in [0.15, 0.2) is 0 Å². The Labute approximate surface area is 116 Å². The van der Waals surface area contributed by atoms with Crippen LogP contribution < -0.4 is 10.1 Å². The average molecular weight is 263 g/mol. The topological polar surface area (TPSA) is 38.3 Å². The second-order valence-electron chi connectivity index (χ2n) is 4.60. The van der Waals surface area contributed by atoms with Gasteiger partial charge in [-0.2, -0.15) is 0 Å². The summed E-state index contributed by atoms with van der Waals surface area (Å²) in [5, 5.41) is 2.96. The van der Waals surface area contributed by atoms with E-state index in [9.17, 15) is 4.79 Å². The van der Waals surface area contributed by atoms with E-state index in [1.165, 1.54) is 25.7 Å². The molecule has 0 unspecified atom stereocenters. The molecule has 19 heavy (non-hydrogen) atoms. The van der Waals surface area contributed by atoms with E-state index in [4.69, 9.17) is 4.74 Å². The van der Waals surface area contributed by atoms with Gasteiger partial charge in [0.05, 0.1) is 12.2 Å². The molecule has 0 aliphatic carbocycles. The second-order valence-corrected chi connectivity index (χ2v) is 4.60. The molecular formula is C16H25NO2. The SMILES string of the molecule is CCCCCCCNC(=O)c1ccccc1OCC. The van der Waals surface area contributed by atoms with Crippen LogP contribution in [-0.4, -0.2) is 19.1 Å². The molecule has 0 atom stereocenters. The third-order valence-corrected chi connectivity index (χ3v) is 3.00. The Kier molecular flexibility index (Phi) is 7.71. The fourth-order valence-electron chi connectivity index (χ4n) is 1.96. The maximum absolute atomic E-state index is 12.0. The first kappa shape index (κ1) is 15.5. The molecule has 0 aliphatic heterocycles. The van der Waals surface area contributed by atoms with E-state index < -0.39 is 0 Å². The summed E-state index contributed by atoms with van der Waals surface area (Å²) < 4.78 is 5.46. The number of para-hydroxylation sites is 1. The zero-order valence-electron chi connectivity index (χ0n) is 12.1. The number of benzene rings is 1. The van der Waals surface area contributed by atoms with Crippen molar-refractivity contribution in [2.75, 3.05) is 13.2 Å². The Morgan fingerprint density at radius 2 is 1.84 bits per heavy atom. The van der Waals surface area contributed by atoms with Gasteiger partial charge in [-0.1, -0.05) is 44.7 Å². The standard InChI is InChI=1S/C16H25NO2/c1-3-5-6-7-10-13-17-16(18)14-11-8-9-12-15(14)19-4-2/h8-9,11-12H,3-7,10,13H2,1-2H3,(H,17,18). The molecule has 1 amide bonds. The number of carbonyl (C=O) groups excluding carboxylic acids is 1. The third-order valence-electron chi connectivity index (χ3n) is 3.00. The van der Waals surface area contributed by atoms with Gasteiger partial charge in [0.25, 0.3) is 5.91 Å². The quantitative estimate of drug-likeness (QED) is 0.688. The van der Waals surface area contributed by atoms with E-state index >= 15 is 0 Å². The van der Waals surface area contributed by atoms with Crippen molar-refractivity contribution in [3.05, 3.63) is 29.8 Å². The van der Waals surface area contributed by atoms with Gasteiger partial charge >= 0.3 is 0 Å². The highest BCUT2D eigenvalue weighted by Crippen LogP contribution is 2.17. The third kappa shape index (κ3) is 5.77. The van der Waals surface area contributed by atoms with Gasteiger partial charge in [0.1, 0.15) is 5.75 Å². The number of unbranched alkanes of at least 4 members (excludes halogenated alkanes) is 4. The summed E-state index contributed by atoms with van der Waals surface area (Å²) in [6, 6.07) is 7.38. The monoisotopic (exact) mass is 263 g/mol. The molecule has 3 heteroatoms. The minimum atomic E-state index is -0.0421. The van der Waals surface area contributed by atoms with E-state index in [0.29, 0.717) is 17.9 Å². The van der Waals surface area contributed by atoms with Gasteiger partial charge in [-0.15, -0.1) is 0 Å². The molecule has 0 bridgehead atoms. The molecule has 1 N–H and O–H groups in total. The van der Waals surface area contributed by atoms with Crippen molar-refractivity contribution in [2.24, 2.45) is 0 Å². The highest BCUT2D eigenvalue weighted by atomic mass is 16.5. The maximum atomic E-state index is 12.0. The molecule has 0 saturated heterocycles. The lowest BCUT2D eigenvalue weighted by molar-refractivity contribution is 0.0949. The van der Waals surface area contributed by atoms with Crippen LogP contribution in [0.3, 0.4) is 0 Å². The highest BCUT2D eigenvalue weighted by Gasteiger charge is 2.10. The Morgan fingerprint density at radius 1 is 1.11 bits per heavy atom. The molecule has 106 valence electrons. The summed E-state index contributed by atoms with van der Waals surface area (Å²) >= 11 is 0. The van der Waals surface area contributed by atoms with Crippen LogP contribution in [0.15, 0.2) is 24.3 Å². The number of ether oxygens (including phenoxy) is 1. The van der Waals surface area contributed by atoms with Crippen molar-refractivity contribution in [2.45, 2.75) is 46.0 Å². The Bertz CT molecular complexity index is 377. The minimum Gasteiger partial charge on any atom is -0.493 e. The summed E-state index contributed by atoms with van der Waals surface area (Å²) in [6.45, 7) is 5.43. The Hall–Kier alpha value is -1.51.